The molecular weight excluding hydrogens is 266 g/mol. The molecule has 0 aliphatic rings. The molecule has 0 spiro atoms. The molecule has 1 aromatic heterocycles. The molecule has 0 fully saturated rings. The molecule has 2 aromatic rings. The van der Waals surface area contributed by atoms with E-state index in [4.69, 9.17) is 10.00 Å². The Morgan fingerprint density at radius 1 is 1.33 bits per heavy atom. The van der Waals surface area contributed by atoms with Crippen LogP contribution >= 0.6 is 0 Å². The van der Waals surface area contributed by atoms with E-state index < -0.39 is 0 Å². The molecule has 0 aliphatic heterocycles. The predicted molar refractivity (Wildman–Crippen MR) is 79.4 cm³/mol. The SMILES string of the molecule is CCOc1ccccc1Cn1nc(C)c(C)c(C#N)c1=O. The minimum Gasteiger partial charge on any atom is -0.494 e. The summed E-state index contributed by atoms with van der Waals surface area (Å²) >= 11 is 0. The van der Waals surface area contributed by atoms with Crippen LogP contribution in [0.4, 0.5) is 0 Å². The Balaban J connectivity index is 2.49. The number of nitriles is 1. The van der Waals surface area contributed by atoms with Crippen LogP contribution in [-0.2, 0) is 6.54 Å². The molecular formula is C16H17N3O2. The van der Waals surface area contributed by atoms with Crippen LogP contribution in [0.15, 0.2) is 29.1 Å². The van der Waals surface area contributed by atoms with Gasteiger partial charge in [-0.15, -0.1) is 0 Å². The van der Waals surface area contributed by atoms with E-state index in [0.29, 0.717) is 17.9 Å². The minimum absolute atomic E-state index is 0.149. The first-order valence-corrected chi connectivity index (χ1v) is 6.77. The fourth-order valence-corrected chi connectivity index (χ4v) is 2.10. The second kappa shape index (κ2) is 6.23. The third-order valence-electron chi connectivity index (χ3n) is 3.34. The number of benzene rings is 1. The smallest absolute Gasteiger partial charge is 0.285 e. The van der Waals surface area contributed by atoms with Crippen molar-refractivity contribution in [1.82, 2.24) is 9.78 Å². The molecule has 108 valence electrons. The average molecular weight is 283 g/mol. The van der Waals surface area contributed by atoms with E-state index in [2.05, 4.69) is 5.10 Å². The third kappa shape index (κ3) is 2.95. The molecule has 5 heteroatoms. The normalized spacial score (nSPS) is 10.2. The molecule has 0 aliphatic carbocycles. The van der Waals surface area contributed by atoms with E-state index >= 15 is 0 Å². The van der Waals surface area contributed by atoms with Crippen molar-refractivity contribution in [2.45, 2.75) is 27.3 Å². The highest BCUT2D eigenvalue weighted by molar-refractivity contribution is 5.37. The Morgan fingerprint density at radius 3 is 2.71 bits per heavy atom. The lowest BCUT2D eigenvalue weighted by Gasteiger charge is -2.12. The molecule has 0 amide bonds. The van der Waals surface area contributed by atoms with Crippen molar-refractivity contribution < 1.29 is 4.74 Å². The second-order valence-electron chi connectivity index (χ2n) is 4.70. The highest BCUT2D eigenvalue weighted by Gasteiger charge is 2.13. The van der Waals surface area contributed by atoms with Gasteiger partial charge < -0.3 is 4.74 Å². The molecule has 0 saturated heterocycles. The van der Waals surface area contributed by atoms with Crippen LogP contribution in [0.2, 0.25) is 0 Å². The summed E-state index contributed by atoms with van der Waals surface area (Å²) in [5.74, 6) is 0.727. The molecule has 0 N–H and O–H groups in total. The summed E-state index contributed by atoms with van der Waals surface area (Å²) in [7, 11) is 0. The summed E-state index contributed by atoms with van der Waals surface area (Å²) in [6.45, 7) is 6.27. The van der Waals surface area contributed by atoms with Gasteiger partial charge in [0.15, 0.2) is 0 Å². The highest BCUT2D eigenvalue weighted by Crippen LogP contribution is 2.18. The summed E-state index contributed by atoms with van der Waals surface area (Å²) in [6, 6.07) is 9.48. The van der Waals surface area contributed by atoms with Gasteiger partial charge in [0.2, 0.25) is 0 Å². The molecule has 1 heterocycles. The number of hydrogen-bond acceptors (Lipinski definition) is 4. The molecule has 0 bridgehead atoms. The molecule has 2 rings (SSSR count). The van der Waals surface area contributed by atoms with Crippen molar-refractivity contribution in [2.24, 2.45) is 0 Å². The lowest BCUT2D eigenvalue weighted by atomic mass is 10.1. The quantitative estimate of drug-likeness (QED) is 0.862. The van der Waals surface area contributed by atoms with Crippen molar-refractivity contribution in [3.05, 3.63) is 57.0 Å². The number of aryl methyl sites for hydroxylation is 1. The number of hydrogen-bond donors (Lipinski definition) is 0. The standard InChI is InChI=1S/C16H17N3O2/c1-4-21-15-8-6-5-7-13(15)10-19-16(20)14(9-17)11(2)12(3)18-19/h5-8H,4,10H2,1-3H3. The van der Waals surface area contributed by atoms with E-state index in [0.717, 1.165) is 11.3 Å². The van der Waals surface area contributed by atoms with Gasteiger partial charge in [0.1, 0.15) is 17.4 Å². The summed E-state index contributed by atoms with van der Waals surface area (Å²) in [5.41, 5.74) is 1.96. The van der Waals surface area contributed by atoms with Gasteiger partial charge in [-0.2, -0.15) is 10.4 Å². The Kier molecular flexibility index (Phi) is 4.39. The lowest BCUT2D eigenvalue weighted by Crippen LogP contribution is -2.28. The first kappa shape index (κ1) is 14.8. The number of aromatic nitrogens is 2. The fourth-order valence-electron chi connectivity index (χ4n) is 2.10. The van der Waals surface area contributed by atoms with Gasteiger partial charge in [0.25, 0.3) is 5.56 Å². The summed E-state index contributed by atoms with van der Waals surface area (Å²) in [5, 5.41) is 13.4. The zero-order chi connectivity index (χ0) is 15.4. The largest absolute Gasteiger partial charge is 0.494 e. The Hall–Kier alpha value is -2.61. The van der Waals surface area contributed by atoms with Crippen molar-refractivity contribution in [3.63, 3.8) is 0 Å². The van der Waals surface area contributed by atoms with Crippen molar-refractivity contribution >= 4 is 0 Å². The Labute approximate surface area is 123 Å². The van der Waals surface area contributed by atoms with Gasteiger partial charge in [0.05, 0.1) is 18.8 Å². The Bertz CT molecular complexity index is 757. The van der Waals surface area contributed by atoms with Crippen molar-refractivity contribution in [1.29, 1.82) is 5.26 Å². The molecule has 0 unspecified atom stereocenters. The number of rotatable bonds is 4. The lowest BCUT2D eigenvalue weighted by molar-refractivity contribution is 0.335. The molecule has 0 atom stereocenters. The molecule has 0 radical (unpaired) electrons. The number of ether oxygens (including phenoxy) is 1. The summed E-state index contributed by atoms with van der Waals surface area (Å²) < 4.78 is 6.87. The number of nitrogens with zero attached hydrogens (tertiary/aromatic N) is 3. The van der Waals surface area contributed by atoms with Gasteiger partial charge >= 0.3 is 0 Å². The van der Waals surface area contributed by atoms with Crippen LogP contribution in [0, 0.1) is 25.2 Å². The minimum atomic E-state index is -0.369. The molecule has 21 heavy (non-hydrogen) atoms. The predicted octanol–water partition coefficient (Wildman–Crippen LogP) is 2.18. The van der Waals surface area contributed by atoms with Gasteiger partial charge in [-0.1, -0.05) is 18.2 Å². The topological polar surface area (TPSA) is 67.9 Å². The van der Waals surface area contributed by atoms with Crippen LogP contribution in [0.1, 0.15) is 29.3 Å². The Morgan fingerprint density at radius 2 is 2.05 bits per heavy atom. The number of para-hydroxylation sites is 1. The second-order valence-corrected chi connectivity index (χ2v) is 4.70. The average Bonchev–Trinajstić information content (AvgIpc) is 2.47. The maximum Gasteiger partial charge on any atom is 0.285 e. The van der Waals surface area contributed by atoms with E-state index in [1.165, 1.54) is 4.68 Å². The highest BCUT2D eigenvalue weighted by atomic mass is 16.5. The van der Waals surface area contributed by atoms with Gasteiger partial charge in [-0.05, 0) is 32.4 Å². The third-order valence-corrected chi connectivity index (χ3v) is 3.34. The van der Waals surface area contributed by atoms with Crippen LogP contribution in [-0.4, -0.2) is 16.4 Å². The maximum atomic E-state index is 12.3. The fraction of sp³-hybridized carbons (Fsp3) is 0.312. The molecule has 1 aromatic carbocycles. The van der Waals surface area contributed by atoms with Gasteiger partial charge in [-0.25, -0.2) is 4.68 Å². The zero-order valence-corrected chi connectivity index (χ0v) is 12.4. The first-order chi connectivity index (χ1) is 10.1. The summed E-state index contributed by atoms with van der Waals surface area (Å²) in [6.07, 6.45) is 0. The molecule has 5 nitrogen and oxygen atoms in total. The monoisotopic (exact) mass is 283 g/mol. The van der Waals surface area contributed by atoms with Crippen LogP contribution in [0.3, 0.4) is 0 Å². The van der Waals surface area contributed by atoms with E-state index in [-0.39, 0.29) is 17.7 Å². The molecule has 0 saturated carbocycles. The van der Waals surface area contributed by atoms with Crippen molar-refractivity contribution in [3.8, 4) is 11.8 Å². The summed E-state index contributed by atoms with van der Waals surface area (Å²) in [4.78, 5) is 12.3. The van der Waals surface area contributed by atoms with Crippen LogP contribution < -0.4 is 10.3 Å². The van der Waals surface area contributed by atoms with E-state index in [9.17, 15) is 4.79 Å². The van der Waals surface area contributed by atoms with E-state index in [1.807, 2.05) is 37.3 Å². The van der Waals surface area contributed by atoms with Crippen molar-refractivity contribution in [2.75, 3.05) is 6.61 Å². The van der Waals surface area contributed by atoms with Gasteiger partial charge in [0, 0.05) is 5.56 Å². The zero-order valence-electron chi connectivity index (χ0n) is 12.4. The van der Waals surface area contributed by atoms with Crippen LogP contribution in [0.25, 0.3) is 0 Å². The van der Waals surface area contributed by atoms with Gasteiger partial charge in [-0.3, -0.25) is 4.79 Å². The van der Waals surface area contributed by atoms with E-state index in [1.54, 1.807) is 13.8 Å². The first-order valence-electron chi connectivity index (χ1n) is 6.77. The maximum absolute atomic E-state index is 12.3. The van der Waals surface area contributed by atoms with Crippen LogP contribution in [0.5, 0.6) is 5.75 Å².